The minimum absolute atomic E-state index is 0.0190. The topological polar surface area (TPSA) is 63.7 Å². The van der Waals surface area contributed by atoms with Crippen LogP contribution in [0.1, 0.15) is 44.8 Å². The molecule has 2 aromatic rings. The van der Waals surface area contributed by atoms with Gasteiger partial charge in [-0.05, 0) is 31.4 Å². The van der Waals surface area contributed by atoms with Gasteiger partial charge < -0.3 is 19.7 Å². The minimum Gasteiger partial charge on any atom is -0.378 e. The Bertz CT molecular complexity index is 835. The molecule has 0 aliphatic carbocycles. The highest BCUT2D eigenvalue weighted by Gasteiger charge is 2.33. The molecule has 0 spiro atoms. The van der Waals surface area contributed by atoms with E-state index in [1.807, 2.05) is 12.1 Å². The molecule has 150 valence electrons. The van der Waals surface area contributed by atoms with E-state index in [1.165, 1.54) is 0 Å². The average Bonchev–Trinajstić information content (AvgIpc) is 2.72. The number of para-hydroxylation sites is 1. The average molecular weight is 383 g/mol. The molecule has 3 atom stereocenters. The number of ether oxygens (including phenoxy) is 2. The van der Waals surface area contributed by atoms with Crippen LogP contribution < -0.4 is 10.2 Å². The lowest BCUT2D eigenvalue weighted by Gasteiger charge is -2.38. The Labute approximate surface area is 166 Å². The molecule has 6 nitrogen and oxygen atoms in total. The van der Waals surface area contributed by atoms with Crippen molar-refractivity contribution in [1.29, 1.82) is 0 Å². The van der Waals surface area contributed by atoms with Crippen LogP contribution in [0.3, 0.4) is 0 Å². The molecular weight excluding hydrogens is 354 g/mol. The normalized spacial score (nSPS) is 25.6. The molecule has 0 saturated carbocycles. The maximum absolute atomic E-state index is 11.7. The van der Waals surface area contributed by atoms with E-state index in [0.717, 1.165) is 54.6 Å². The van der Waals surface area contributed by atoms with Crippen LogP contribution in [0.2, 0.25) is 0 Å². The fraction of sp³-hybridized carbons (Fsp3) is 0.545. The van der Waals surface area contributed by atoms with Crippen molar-refractivity contribution in [2.75, 3.05) is 31.2 Å². The zero-order chi connectivity index (χ0) is 19.5. The summed E-state index contributed by atoms with van der Waals surface area (Å²) in [5, 5.41) is 4.23. The maximum atomic E-state index is 11.7. The van der Waals surface area contributed by atoms with Crippen LogP contribution >= 0.6 is 0 Å². The molecule has 2 aliphatic rings. The molecule has 2 saturated heterocycles. The lowest BCUT2D eigenvalue weighted by atomic mass is 9.92. The zero-order valence-corrected chi connectivity index (χ0v) is 16.7. The Morgan fingerprint density at radius 1 is 1.25 bits per heavy atom. The van der Waals surface area contributed by atoms with Gasteiger partial charge in [-0.25, -0.2) is 4.98 Å². The molecule has 1 aromatic carbocycles. The number of anilines is 1. The van der Waals surface area contributed by atoms with E-state index in [9.17, 15) is 4.79 Å². The highest BCUT2D eigenvalue weighted by atomic mass is 16.5. The predicted molar refractivity (Wildman–Crippen MR) is 110 cm³/mol. The Kier molecular flexibility index (Phi) is 5.78. The van der Waals surface area contributed by atoms with Gasteiger partial charge in [-0.2, -0.15) is 0 Å². The van der Waals surface area contributed by atoms with Gasteiger partial charge in [0.15, 0.2) is 0 Å². The third-order valence-electron chi connectivity index (χ3n) is 5.66. The maximum Gasteiger partial charge on any atom is 0.217 e. The molecule has 1 N–H and O–H groups in total. The number of nitrogens with zero attached hydrogens (tertiary/aromatic N) is 2. The first-order chi connectivity index (χ1) is 13.6. The number of morpholine rings is 1. The number of aromatic nitrogens is 1. The predicted octanol–water partition coefficient (Wildman–Crippen LogP) is 3.21. The number of fused-ring (bicyclic) bond motifs is 1. The van der Waals surface area contributed by atoms with Crippen molar-refractivity contribution >= 4 is 22.6 Å². The number of benzene rings is 1. The molecule has 1 amide bonds. The van der Waals surface area contributed by atoms with Gasteiger partial charge in [-0.15, -0.1) is 0 Å². The first-order valence-corrected chi connectivity index (χ1v) is 10.3. The lowest BCUT2D eigenvalue weighted by Crippen LogP contribution is -2.43. The molecular formula is C22H29N3O3. The smallest absolute Gasteiger partial charge is 0.217 e. The summed E-state index contributed by atoms with van der Waals surface area (Å²) in [6.45, 7) is 6.81. The number of hydrogen-bond donors (Lipinski definition) is 1. The van der Waals surface area contributed by atoms with Crippen LogP contribution in [0.15, 0.2) is 30.3 Å². The van der Waals surface area contributed by atoms with E-state index >= 15 is 0 Å². The monoisotopic (exact) mass is 383 g/mol. The fourth-order valence-corrected chi connectivity index (χ4v) is 4.27. The third kappa shape index (κ3) is 4.13. The highest BCUT2D eigenvalue weighted by molar-refractivity contribution is 5.82. The van der Waals surface area contributed by atoms with Gasteiger partial charge in [0.2, 0.25) is 5.91 Å². The number of carbonyl (C=O) groups is 1. The van der Waals surface area contributed by atoms with Gasteiger partial charge in [-0.1, -0.05) is 25.1 Å². The summed E-state index contributed by atoms with van der Waals surface area (Å²) in [4.78, 5) is 19.0. The third-order valence-corrected chi connectivity index (χ3v) is 5.66. The van der Waals surface area contributed by atoms with Crippen molar-refractivity contribution in [1.82, 2.24) is 10.3 Å². The van der Waals surface area contributed by atoms with Crippen LogP contribution in [0, 0.1) is 0 Å². The quantitative estimate of drug-likeness (QED) is 0.878. The molecule has 0 bridgehead atoms. The number of rotatable bonds is 4. The van der Waals surface area contributed by atoms with Crippen LogP contribution in [0.25, 0.3) is 10.9 Å². The lowest BCUT2D eigenvalue weighted by molar-refractivity contribution is -0.122. The summed E-state index contributed by atoms with van der Waals surface area (Å²) in [6.07, 6.45) is 2.62. The summed E-state index contributed by atoms with van der Waals surface area (Å²) in [7, 11) is 0. The summed E-state index contributed by atoms with van der Waals surface area (Å²) >= 11 is 0. The molecule has 6 heteroatoms. The van der Waals surface area contributed by atoms with Crippen molar-refractivity contribution in [2.45, 2.75) is 51.4 Å². The van der Waals surface area contributed by atoms with Crippen molar-refractivity contribution in [3.8, 4) is 0 Å². The number of hydrogen-bond acceptors (Lipinski definition) is 5. The first kappa shape index (κ1) is 19.2. The number of nitrogens with one attached hydrogen (secondary N) is 1. The standard InChI is InChI=1S/C22H29N3O3/c1-3-18-13-17(23-15(2)26)14-21(28-18)19-12-16-6-4-5-7-20(16)24-22(19)25-8-10-27-11-9-25/h4-7,12,17-18,21H,3,8-11,13-14H2,1-2H3,(H,23,26)/t17-,18+,21+/m0/s1. The molecule has 3 heterocycles. The Balaban J connectivity index is 1.73. The molecule has 0 radical (unpaired) electrons. The summed E-state index contributed by atoms with van der Waals surface area (Å²) in [5.41, 5.74) is 2.11. The summed E-state index contributed by atoms with van der Waals surface area (Å²) in [6, 6.07) is 10.6. The summed E-state index contributed by atoms with van der Waals surface area (Å²) < 4.78 is 12.0. The van der Waals surface area contributed by atoms with E-state index in [2.05, 4.69) is 35.3 Å². The second-order valence-electron chi connectivity index (χ2n) is 7.72. The zero-order valence-electron chi connectivity index (χ0n) is 16.7. The summed E-state index contributed by atoms with van der Waals surface area (Å²) in [5.74, 6) is 1.01. The van der Waals surface area contributed by atoms with Crippen LogP contribution in [0.4, 0.5) is 5.82 Å². The van der Waals surface area contributed by atoms with Crippen molar-refractivity contribution in [3.05, 3.63) is 35.9 Å². The van der Waals surface area contributed by atoms with Gasteiger partial charge >= 0.3 is 0 Å². The number of pyridine rings is 1. The van der Waals surface area contributed by atoms with Gasteiger partial charge in [-0.3, -0.25) is 4.79 Å². The van der Waals surface area contributed by atoms with Gasteiger partial charge in [0, 0.05) is 37.0 Å². The first-order valence-electron chi connectivity index (χ1n) is 10.3. The van der Waals surface area contributed by atoms with Gasteiger partial charge in [0.1, 0.15) is 5.82 Å². The molecule has 0 unspecified atom stereocenters. The molecule has 4 rings (SSSR count). The molecule has 28 heavy (non-hydrogen) atoms. The van der Waals surface area contributed by atoms with Crippen molar-refractivity contribution < 1.29 is 14.3 Å². The van der Waals surface area contributed by atoms with E-state index in [1.54, 1.807) is 6.92 Å². The largest absolute Gasteiger partial charge is 0.378 e. The Hall–Kier alpha value is -2.18. The van der Waals surface area contributed by atoms with Crippen LogP contribution in [-0.2, 0) is 14.3 Å². The molecule has 2 aliphatic heterocycles. The van der Waals surface area contributed by atoms with E-state index in [-0.39, 0.29) is 24.2 Å². The van der Waals surface area contributed by atoms with E-state index in [4.69, 9.17) is 14.5 Å². The van der Waals surface area contributed by atoms with Crippen molar-refractivity contribution in [3.63, 3.8) is 0 Å². The number of amides is 1. The fourth-order valence-electron chi connectivity index (χ4n) is 4.27. The van der Waals surface area contributed by atoms with E-state index < -0.39 is 0 Å². The molecule has 1 aromatic heterocycles. The van der Waals surface area contributed by atoms with Gasteiger partial charge in [0.05, 0.1) is 30.9 Å². The van der Waals surface area contributed by atoms with Gasteiger partial charge in [0.25, 0.3) is 0 Å². The molecule has 2 fully saturated rings. The second-order valence-corrected chi connectivity index (χ2v) is 7.72. The highest BCUT2D eigenvalue weighted by Crippen LogP contribution is 2.38. The van der Waals surface area contributed by atoms with Crippen LogP contribution in [0.5, 0.6) is 0 Å². The Morgan fingerprint density at radius 3 is 2.79 bits per heavy atom. The second kappa shape index (κ2) is 8.45. The van der Waals surface area contributed by atoms with Crippen LogP contribution in [-0.4, -0.2) is 49.3 Å². The number of carbonyl (C=O) groups excluding carboxylic acids is 1. The SMILES string of the molecule is CC[C@@H]1C[C@H](NC(C)=O)C[C@H](c2cc3ccccc3nc2N2CCOCC2)O1. The van der Waals surface area contributed by atoms with E-state index in [0.29, 0.717) is 13.2 Å². The Morgan fingerprint density at radius 2 is 2.04 bits per heavy atom. The van der Waals surface area contributed by atoms with Crippen molar-refractivity contribution in [2.24, 2.45) is 0 Å². The minimum atomic E-state index is -0.0782.